The van der Waals surface area contributed by atoms with Gasteiger partial charge in [0.2, 0.25) is 0 Å². The Kier molecular flexibility index (Phi) is 5.17. The maximum atomic E-state index is 11.8. The van der Waals surface area contributed by atoms with Crippen LogP contribution in [0, 0.1) is 25.2 Å². The van der Waals surface area contributed by atoms with Gasteiger partial charge in [-0.25, -0.2) is 8.42 Å². The Morgan fingerprint density at radius 3 is 2.69 bits per heavy atom. The van der Waals surface area contributed by atoms with E-state index in [4.69, 9.17) is 0 Å². The number of rotatable bonds is 5. The van der Waals surface area contributed by atoms with Crippen LogP contribution in [0.3, 0.4) is 0 Å². The molecule has 1 saturated heterocycles. The number of aryl methyl sites for hydroxylation is 1. The smallest absolute Gasteiger partial charge is 0.152 e. The molecule has 1 aromatic heterocycles. The maximum absolute atomic E-state index is 11.8. The number of sulfone groups is 1. The highest BCUT2D eigenvalue weighted by atomic mass is 32.2. The first-order valence-corrected chi connectivity index (χ1v) is 10.5. The highest BCUT2D eigenvalue weighted by Crippen LogP contribution is 2.27. The van der Waals surface area contributed by atoms with Gasteiger partial charge in [-0.2, -0.15) is 10.4 Å². The molecule has 1 aliphatic heterocycles. The second-order valence-corrected chi connectivity index (χ2v) is 9.32. The predicted molar refractivity (Wildman–Crippen MR) is 100 cm³/mol. The first kappa shape index (κ1) is 18.6. The fraction of sp³-hybridized carbons (Fsp3) is 0.474. The van der Waals surface area contributed by atoms with Crippen LogP contribution in [0.2, 0.25) is 0 Å². The van der Waals surface area contributed by atoms with E-state index in [2.05, 4.69) is 16.1 Å². The van der Waals surface area contributed by atoms with Crippen LogP contribution in [-0.4, -0.2) is 41.7 Å². The topological polar surface area (TPSA) is 79.0 Å². The van der Waals surface area contributed by atoms with E-state index in [-0.39, 0.29) is 17.5 Å². The molecule has 0 amide bonds. The van der Waals surface area contributed by atoms with Gasteiger partial charge in [-0.1, -0.05) is 18.2 Å². The van der Waals surface area contributed by atoms with E-state index < -0.39 is 9.84 Å². The fourth-order valence-electron chi connectivity index (χ4n) is 3.63. The summed E-state index contributed by atoms with van der Waals surface area (Å²) < 4.78 is 25.5. The number of hydrogen-bond acceptors (Lipinski definition) is 5. The average molecular weight is 372 g/mol. The molecule has 1 fully saturated rings. The molecule has 2 heterocycles. The lowest BCUT2D eigenvalue weighted by Gasteiger charge is -2.18. The van der Waals surface area contributed by atoms with E-state index in [1.165, 1.54) is 0 Å². The summed E-state index contributed by atoms with van der Waals surface area (Å²) >= 11 is 0. The third-order valence-electron chi connectivity index (χ3n) is 5.04. The first-order valence-electron chi connectivity index (χ1n) is 8.72. The number of aromatic nitrogens is 2. The summed E-state index contributed by atoms with van der Waals surface area (Å²) in [5.41, 5.74) is 4.80. The zero-order valence-electron chi connectivity index (χ0n) is 15.4. The molecule has 0 saturated carbocycles. The summed E-state index contributed by atoms with van der Waals surface area (Å²) in [5.74, 6) is 0.427. The third-order valence-corrected chi connectivity index (χ3v) is 6.79. The molecule has 26 heavy (non-hydrogen) atoms. The van der Waals surface area contributed by atoms with Gasteiger partial charge in [-0.3, -0.25) is 9.58 Å². The van der Waals surface area contributed by atoms with Crippen molar-refractivity contribution in [3.63, 3.8) is 0 Å². The molecule has 0 aliphatic carbocycles. The van der Waals surface area contributed by atoms with Gasteiger partial charge in [-0.05, 0) is 38.9 Å². The molecule has 138 valence electrons. The van der Waals surface area contributed by atoms with E-state index in [0.717, 1.165) is 22.5 Å². The Bertz CT molecular complexity index is 956. The minimum absolute atomic E-state index is 0.0583. The van der Waals surface area contributed by atoms with Crippen LogP contribution in [-0.2, 0) is 22.9 Å². The highest BCUT2D eigenvalue weighted by Gasteiger charge is 2.31. The van der Waals surface area contributed by atoms with E-state index >= 15 is 0 Å². The molecule has 6 nitrogen and oxygen atoms in total. The van der Waals surface area contributed by atoms with Gasteiger partial charge in [0.15, 0.2) is 9.84 Å². The predicted octanol–water partition coefficient (Wildman–Crippen LogP) is 2.36. The Balaban J connectivity index is 1.77. The van der Waals surface area contributed by atoms with Crippen LogP contribution < -0.4 is 0 Å². The van der Waals surface area contributed by atoms with Gasteiger partial charge in [0.05, 0.1) is 34.9 Å². The molecule has 1 atom stereocenters. The third kappa shape index (κ3) is 3.81. The van der Waals surface area contributed by atoms with Crippen LogP contribution in [0.5, 0.6) is 0 Å². The summed E-state index contributed by atoms with van der Waals surface area (Å²) in [6.45, 7) is 5.36. The van der Waals surface area contributed by atoms with Crippen LogP contribution in [0.25, 0.3) is 0 Å². The van der Waals surface area contributed by atoms with Gasteiger partial charge in [0.25, 0.3) is 0 Å². The lowest BCUT2D eigenvalue weighted by atomic mass is 10.1. The fourth-order valence-corrected chi connectivity index (χ4v) is 5.33. The molecule has 0 unspecified atom stereocenters. The largest absolute Gasteiger partial charge is 0.298 e. The Labute approximate surface area is 155 Å². The number of nitrogens with zero attached hydrogens (tertiary/aromatic N) is 4. The standard InChI is InChI=1S/C19H24N4O2S/c1-14-19(12-22(3)11-17-7-5-4-6-16(17)10-20)15(2)23(21-14)18-8-9-26(24,25)13-18/h4-7,18H,8-9,11-13H2,1-3H3/t18-/m0/s1. The monoisotopic (exact) mass is 372 g/mol. The van der Waals surface area contributed by atoms with Crippen LogP contribution in [0.1, 0.15) is 40.5 Å². The van der Waals surface area contributed by atoms with Gasteiger partial charge in [0.1, 0.15) is 0 Å². The van der Waals surface area contributed by atoms with E-state index in [1.807, 2.05) is 49.8 Å². The van der Waals surface area contributed by atoms with Crippen molar-refractivity contribution in [1.29, 1.82) is 5.26 Å². The molecule has 1 aliphatic rings. The van der Waals surface area contributed by atoms with Crippen molar-refractivity contribution in [2.75, 3.05) is 18.6 Å². The SMILES string of the molecule is Cc1nn([C@H]2CCS(=O)(=O)C2)c(C)c1CN(C)Cc1ccccc1C#N. The molecule has 0 radical (unpaired) electrons. The molecule has 3 rings (SSSR count). The van der Waals surface area contributed by atoms with E-state index in [9.17, 15) is 13.7 Å². The van der Waals surface area contributed by atoms with Gasteiger partial charge in [0, 0.05) is 24.3 Å². The van der Waals surface area contributed by atoms with Crippen molar-refractivity contribution < 1.29 is 8.42 Å². The molecule has 1 aromatic carbocycles. The molecular formula is C19H24N4O2S. The molecule has 0 spiro atoms. The Morgan fingerprint density at radius 2 is 2.04 bits per heavy atom. The Hall–Kier alpha value is -2.17. The number of hydrogen-bond donors (Lipinski definition) is 0. The highest BCUT2D eigenvalue weighted by molar-refractivity contribution is 7.91. The number of benzene rings is 1. The lowest BCUT2D eigenvalue weighted by molar-refractivity contribution is 0.317. The van der Waals surface area contributed by atoms with Crippen LogP contribution >= 0.6 is 0 Å². The van der Waals surface area contributed by atoms with Crippen molar-refractivity contribution in [1.82, 2.24) is 14.7 Å². The van der Waals surface area contributed by atoms with Crippen molar-refractivity contribution in [3.05, 3.63) is 52.3 Å². The zero-order valence-corrected chi connectivity index (χ0v) is 16.3. The summed E-state index contributed by atoms with van der Waals surface area (Å²) in [5, 5.41) is 13.9. The van der Waals surface area contributed by atoms with E-state index in [0.29, 0.717) is 25.1 Å². The summed E-state index contributed by atoms with van der Waals surface area (Å²) in [6.07, 6.45) is 0.634. The first-order chi connectivity index (χ1) is 12.3. The molecule has 0 N–H and O–H groups in total. The van der Waals surface area contributed by atoms with Crippen molar-refractivity contribution >= 4 is 9.84 Å². The van der Waals surface area contributed by atoms with Crippen LogP contribution in [0.15, 0.2) is 24.3 Å². The molecule has 7 heteroatoms. The summed E-state index contributed by atoms with van der Waals surface area (Å²) in [7, 11) is -0.919. The minimum atomic E-state index is -2.94. The number of nitriles is 1. The molecule has 0 bridgehead atoms. The van der Waals surface area contributed by atoms with E-state index in [1.54, 1.807) is 0 Å². The van der Waals surface area contributed by atoms with Gasteiger partial charge < -0.3 is 0 Å². The second kappa shape index (κ2) is 7.22. The maximum Gasteiger partial charge on any atom is 0.152 e. The van der Waals surface area contributed by atoms with Crippen molar-refractivity contribution in [3.8, 4) is 6.07 Å². The average Bonchev–Trinajstić information content (AvgIpc) is 3.09. The quantitative estimate of drug-likeness (QED) is 0.805. The van der Waals surface area contributed by atoms with Crippen molar-refractivity contribution in [2.24, 2.45) is 0 Å². The minimum Gasteiger partial charge on any atom is -0.298 e. The Morgan fingerprint density at radius 1 is 1.31 bits per heavy atom. The summed E-state index contributed by atoms with van der Waals surface area (Å²) in [6, 6.07) is 9.80. The normalized spacial score (nSPS) is 19.0. The van der Waals surface area contributed by atoms with Gasteiger partial charge >= 0.3 is 0 Å². The zero-order chi connectivity index (χ0) is 18.9. The van der Waals surface area contributed by atoms with Gasteiger partial charge in [-0.15, -0.1) is 0 Å². The molecule has 2 aromatic rings. The van der Waals surface area contributed by atoms with Crippen LogP contribution in [0.4, 0.5) is 0 Å². The second-order valence-electron chi connectivity index (χ2n) is 7.09. The lowest BCUT2D eigenvalue weighted by Crippen LogP contribution is -2.19. The molecular weight excluding hydrogens is 348 g/mol. The summed E-state index contributed by atoms with van der Waals surface area (Å²) in [4.78, 5) is 2.16. The van der Waals surface area contributed by atoms with Crippen molar-refractivity contribution in [2.45, 2.75) is 39.4 Å².